The van der Waals surface area contributed by atoms with Gasteiger partial charge in [0.15, 0.2) is 0 Å². The molecule has 2 aromatic heterocycles. The van der Waals surface area contributed by atoms with Crippen molar-refractivity contribution in [3.63, 3.8) is 0 Å². The van der Waals surface area contributed by atoms with E-state index in [4.69, 9.17) is 0 Å². The lowest BCUT2D eigenvalue weighted by Crippen LogP contribution is -2.30. The number of nitrogens with one attached hydrogen (secondary N) is 1. The summed E-state index contributed by atoms with van der Waals surface area (Å²) in [6.45, 7) is 3.75. The summed E-state index contributed by atoms with van der Waals surface area (Å²) < 4.78 is 1.42. The van der Waals surface area contributed by atoms with Crippen LogP contribution in [0.5, 0.6) is 0 Å². The number of hydrogen-bond donors (Lipinski definition) is 1. The Kier molecular flexibility index (Phi) is 6.06. The lowest BCUT2D eigenvalue weighted by atomic mass is 10.1. The number of anilines is 1. The fourth-order valence-electron chi connectivity index (χ4n) is 2.92. The SMILES string of the molecule is Cc1cnc(Cn2ccc(C)c(C(=O)Nc3cccc(C(=O)N(C)C)c3)c2=O)cn1. The summed E-state index contributed by atoms with van der Waals surface area (Å²) in [7, 11) is 3.31. The van der Waals surface area contributed by atoms with Gasteiger partial charge in [0.05, 0.1) is 24.1 Å². The molecule has 2 heterocycles. The van der Waals surface area contributed by atoms with Gasteiger partial charge in [0.25, 0.3) is 17.4 Å². The first kappa shape index (κ1) is 20.9. The van der Waals surface area contributed by atoms with E-state index in [0.29, 0.717) is 22.5 Å². The Balaban J connectivity index is 1.87. The Labute approximate surface area is 174 Å². The molecule has 0 unspecified atom stereocenters. The summed E-state index contributed by atoms with van der Waals surface area (Å²) in [5, 5.41) is 2.72. The Morgan fingerprint density at radius 1 is 1.10 bits per heavy atom. The molecular weight excluding hydrogens is 382 g/mol. The molecule has 1 N–H and O–H groups in total. The average molecular weight is 405 g/mol. The number of nitrogens with zero attached hydrogens (tertiary/aromatic N) is 4. The van der Waals surface area contributed by atoms with Crippen LogP contribution in [0.4, 0.5) is 5.69 Å². The molecule has 8 nitrogen and oxygen atoms in total. The van der Waals surface area contributed by atoms with Gasteiger partial charge >= 0.3 is 0 Å². The highest BCUT2D eigenvalue weighted by molar-refractivity contribution is 6.05. The number of rotatable bonds is 5. The van der Waals surface area contributed by atoms with Crippen LogP contribution in [0.15, 0.2) is 53.7 Å². The first-order valence-corrected chi connectivity index (χ1v) is 9.37. The molecule has 0 radical (unpaired) electrons. The highest BCUT2D eigenvalue weighted by Gasteiger charge is 2.17. The minimum atomic E-state index is -0.531. The number of aryl methyl sites for hydroxylation is 2. The van der Waals surface area contributed by atoms with Crippen molar-refractivity contribution >= 4 is 17.5 Å². The van der Waals surface area contributed by atoms with E-state index in [2.05, 4.69) is 15.3 Å². The van der Waals surface area contributed by atoms with E-state index in [1.54, 1.807) is 69.9 Å². The molecule has 0 saturated heterocycles. The van der Waals surface area contributed by atoms with E-state index in [0.717, 1.165) is 5.69 Å². The quantitative estimate of drug-likeness (QED) is 0.702. The van der Waals surface area contributed by atoms with Crippen LogP contribution >= 0.6 is 0 Å². The molecular formula is C22H23N5O3. The zero-order valence-corrected chi connectivity index (χ0v) is 17.3. The van der Waals surface area contributed by atoms with Crippen LogP contribution in [0.3, 0.4) is 0 Å². The van der Waals surface area contributed by atoms with Gasteiger partial charge in [-0.05, 0) is 43.7 Å². The molecule has 2 amide bonds. The highest BCUT2D eigenvalue weighted by Crippen LogP contribution is 2.14. The third-order valence-corrected chi connectivity index (χ3v) is 4.54. The van der Waals surface area contributed by atoms with Crippen LogP contribution < -0.4 is 10.9 Å². The molecule has 30 heavy (non-hydrogen) atoms. The molecule has 0 spiro atoms. The van der Waals surface area contributed by atoms with Gasteiger partial charge in [0.1, 0.15) is 5.56 Å². The van der Waals surface area contributed by atoms with Crippen molar-refractivity contribution in [2.45, 2.75) is 20.4 Å². The Hall–Kier alpha value is -3.81. The van der Waals surface area contributed by atoms with Crippen molar-refractivity contribution < 1.29 is 9.59 Å². The van der Waals surface area contributed by atoms with Crippen LogP contribution in [0.1, 0.15) is 37.7 Å². The van der Waals surface area contributed by atoms with Gasteiger partial charge in [0, 0.05) is 37.7 Å². The molecule has 0 aliphatic heterocycles. The number of amides is 2. The average Bonchev–Trinajstić information content (AvgIpc) is 2.71. The molecule has 3 rings (SSSR count). The second-order valence-corrected chi connectivity index (χ2v) is 7.19. The zero-order chi connectivity index (χ0) is 21.8. The topological polar surface area (TPSA) is 97.2 Å². The fourth-order valence-corrected chi connectivity index (χ4v) is 2.92. The first-order valence-electron chi connectivity index (χ1n) is 9.37. The first-order chi connectivity index (χ1) is 14.3. The molecule has 0 fully saturated rings. The van der Waals surface area contributed by atoms with Crippen LogP contribution in [0.2, 0.25) is 0 Å². The Morgan fingerprint density at radius 2 is 1.87 bits per heavy atom. The number of carbonyl (C=O) groups is 2. The maximum Gasteiger partial charge on any atom is 0.264 e. The third-order valence-electron chi connectivity index (χ3n) is 4.54. The van der Waals surface area contributed by atoms with E-state index in [9.17, 15) is 14.4 Å². The van der Waals surface area contributed by atoms with Crippen LogP contribution in [-0.4, -0.2) is 45.3 Å². The zero-order valence-electron chi connectivity index (χ0n) is 17.3. The van der Waals surface area contributed by atoms with Crippen molar-refractivity contribution in [3.8, 4) is 0 Å². The number of pyridine rings is 1. The van der Waals surface area contributed by atoms with Crippen molar-refractivity contribution in [2.24, 2.45) is 0 Å². The van der Waals surface area contributed by atoms with Gasteiger partial charge in [-0.2, -0.15) is 0 Å². The van der Waals surface area contributed by atoms with E-state index < -0.39 is 11.5 Å². The Bertz CT molecular complexity index is 1150. The number of aromatic nitrogens is 3. The van der Waals surface area contributed by atoms with Gasteiger partial charge in [-0.25, -0.2) is 0 Å². The summed E-state index contributed by atoms with van der Waals surface area (Å²) in [6.07, 6.45) is 4.87. The summed E-state index contributed by atoms with van der Waals surface area (Å²) in [5.74, 6) is -0.708. The monoisotopic (exact) mass is 405 g/mol. The van der Waals surface area contributed by atoms with E-state index in [1.807, 2.05) is 6.92 Å². The smallest absolute Gasteiger partial charge is 0.264 e. The molecule has 0 aliphatic rings. The van der Waals surface area contributed by atoms with Gasteiger partial charge in [-0.1, -0.05) is 6.07 Å². The molecule has 0 aliphatic carbocycles. The molecule has 8 heteroatoms. The largest absolute Gasteiger partial charge is 0.345 e. The van der Waals surface area contributed by atoms with Crippen molar-refractivity contribution in [1.29, 1.82) is 0 Å². The second kappa shape index (κ2) is 8.69. The van der Waals surface area contributed by atoms with Crippen molar-refractivity contribution in [1.82, 2.24) is 19.4 Å². The van der Waals surface area contributed by atoms with E-state index in [1.165, 1.54) is 9.47 Å². The second-order valence-electron chi connectivity index (χ2n) is 7.19. The minimum absolute atomic E-state index is 0.0434. The molecule has 1 aromatic carbocycles. The van der Waals surface area contributed by atoms with Gasteiger partial charge < -0.3 is 14.8 Å². The molecule has 0 atom stereocenters. The lowest BCUT2D eigenvalue weighted by molar-refractivity contribution is 0.0827. The predicted octanol–water partition coefficient (Wildman–Crippen LogP) is 2.26. The summed E-state index contributed by atoms with van der Waals surface area (Å²) in [4.78, 5) is 47.9. The number of benzene rings is 1. The predicted molar refractivity (Wildman–Crippen MR) is 114 cm³/mol. The molecule has 0 saturated carbocycles. The number of hydrogen-bond acceptors (Lipinski definition) is 5. The number of carbonyl (C=O) groups excluding carboxylic acids is 2. The maximum atomic E-state index is 13.0. The normalized spacial score (nSPS) is 10.5. The Morgan fingerprint density at radius 3 is 2.53 bits per heavy atom. The van der Waals surface area contributed by atoms with E-state index >= 15 is 0 Å². The van der Waals surface area contributed by atoms with Crippen molar-refractivity contribution in [2.75, 3.05) is 19.4 Å². The highest BCUT2D eigenvalue weighted by atomic mass is 16.2. The third kappa shape index (κ3) is 4.60. The van der Waals surface area contributed by atoms with E-state index in [-0.39, 0.29) is 18.0 Å². The van der Waals surface area contributed by atoms with Crippen molar-refractivity contribution in [3.05, 3.63) is 87.4 Å². The lowest BCUT2D eigenvalue weighted by Gasteiger charge is -2.13. The van der Waals surface area contributed by atoms with Gasteiger partial charge in [-0.3, -0.25) is 24.4 Å². The molecule has 0 bridgehead atoms. The van der Waals surface area contributed by atoms with Crippen LogP contribution in [-0.2, 0) is 6.54 Å². The summed E-state index contributed by atoms with van der Waals surface area (Å²) in [5.41, 5.74) is 2.46. The standard InChI is InChI=1S/C22H23N5O3/c1-14-8-9-27(13-18-12-23-15(2)11-24-18)22(30)19(14)20(28)25-17-7-5-6-16(10-17)21(29)26(3)4/h5-12H,13H2,1-4H3,(H,25,28). The fraction of sp³-hybridized carbons (Fsp3) is 0.227. The van der Waals surface area contributed by atoms with Gasteiger partial charge in [-0.15, -0.1) is 0 Å². The van der Waals surface area contributed by atoms with Crippen LogP contribution in [0, 0.1) is 13.8 Å². The maximum absolute atomic E-state index is 13.0. The summed E-state index contributed by atoms with van der Waals surface area (Å²) >= 11 is 0. The summed E-state index contributed by atoms with van der Waals surface area (Å²) in [6, 6.07) is 8.31. The van der Waals surface area contributed by atoms with Gasteiger partial charge in [0.2, 0.25) is 0 Å². The van der Waals surface area contributed by atoms with Crippen LogP contribution in [0.25, 0.3) is 0 Å². The molecule has 154 valence electrons. The molecule has 3 aromatic rings. The minimum Gasteiger partial charge on any atom is -0.345 e.